The molecule has 0 atom stereocenters. The summed E-state index contributed by atoms with van der Waals surface area (Å²) < 4.78 is 1.67. The largest absolute Gasteiger partial charge is 0.338 e. The minimum Gasteiger partial charge on any atom is -0.338 e. The quantitative estimate of drug-likeness (QED) is 0.378. The minimum atomic E-state index is -0.194. The van der Waals surface area contributed by atoms with Gasteiger partial charge in [0.2, 0.25) is 5.78 Å². The highest BCUT2D eigenvalue weighted by atomic mass is 32.1. The molecule has 1 aliphatic rings. The average molecular weight is 460 g/mol. The summed E-state index contributed by atoms with van der Waals surface area (Å²) >= 11 is 1.40. The zero-order valence-corrected chi connectivity index (χ0v) is 19.0. The Hall–Kier alpha value is -3.52. The molecule has 0 spiro atoms. The number of fused-ring (bicyclic) bond motifs is 1. The van der Waals surface area contributed by atoms with Crippen LogP contribution in [0.4, 0.5) is 10.5 Å². The molecule has 7 nitrogen and oxygen atoms in total. The summed E-state index contributed by atoms with van der Waals surface area (Å²) in [5, 5.41) is 12.3. The van der Waals surface area contributed by atoms with Gasteiger partial charge < -0.3 is 10.6 Å². The molecule has 1 saturated carbocycles. The monoisotopic (exact) mass is 459 g/mol. The molecule has 0 radical (unpaired) electrons. The topological polar surface area (TPSA) is 88.4 Å². The maximum atomic E-state index is 12.8. The number of hydrogen-bond donors (Lipinski definition) is 2. The molecule has 8 heteroatoms. The first-order valence-corrected chi connectivity index (χ1v) is 12.1. The van der Waals surface area contributed by atoms with Crippen LogP contribution < -0.4 is 10.6 Å². The van der Waals surface area contributed by atoms with E-state index in [4.69, 9.17) is 0 Å². The number of rotatable bonds is 6. The van der Waals surface area contributed by atoms with E-state index in [9.17, 15) is 9.59 Å². The molecule has 0 saturated heterocycles. The van der Waals surface area contributed by atoms with Gasteiger partial charge in [0.05, 0.1) is 22.3 Å². The number of carbonyl (C=O) groups is 2. The lowest BCUT2D eigenvalue weighted by molar-refractivity contribution is 0.104. The summed E-state index contributed by atoms with van der Waals surface area (Å²) in [5.74, 6) is 0.488. The first-order chi connectivity index (χ1) is 16.2. The van der Waals surface area contributed by atoms with Crippen LogP contribution in [0.15, 0.2) is 60.2 Å². The van der Waals surface area contributed by atoms with Crippen molar-refractivity contribution in [2.45, 2.75) is 32.1 Å². The third-order valence-corrected chi connectivity index (χ3v) is 6.95. The first-order valence-electron chi connectivity index (χ1n) is 11.3. The fraction of sp³-hybridized carbons (Fsp3) is 0.280. The van der Waals surface area contributed by atoms with Gasteiger partial charge in [-0.25, -0.2) is 14.3 Å². The van der Waals surface area contributed by atoms with Gasteiger partial charge in [0, 0.05) is 24.0 Å². The molecule has 33 heavy (non-hydrogen) atoms. The number of nitrogens with zero attached hydrogens (tertiary/aromatic N) is 3. The Balaban J connectivity index is 1.34. The Kier molecular flexibility index (Phi) is 6.17. The van der Waals surface area contributed by atoms with Crippen molar-refractivity contribution in [3.63, 3.8) is 0 Å². The third-order valence-electron chi connectivity index (χ3n) is 6.08. The van der Waals surface area contributed by atoms with Crippen LogP contribution in [-0.2, 0) is 0 Å². The van der Waals surface area contributed by atoms with E-state index < -0.39 is 0 Å². The van der Waals surface area contributed by atoms with Crippen molar-refractivity contribution in [3.05, 3.63) is 70.7 Å². The van der Waals surface area contributed by atoms with Crippen LogP contribution in [0.1, 0.15) is 47.3 Å². The van der Waals surface area contributed by atoms with Gasteiger partial charge in [-0.05, 0) is 48.4 Å². The number of thiophene rings is 1. The maximum absolute atomic E-state index is 12.8. The van der Waals surface area contributed by atoms with E-state index >= 15 is 0 Å². The molecular formula is C25H25N5O2S. The molecule has 1 aromatic carbocycles. The van der Waals surface area contributed by atoms with E-state index in [1.165, 1.54) is 43.4 Å². The zero-order valence-electron chi connectivity index (χ0n) is 18.2. The third kappa shape index (κ3) is 4.66. The van der Waals surface area contributed by atoms with Gasteiger partial charge in [-0.1, -0.05) is 37.5 Å². The van der Waals surface area contributed by atoms with Crippen LogP contribution in [0, 0.1) is 5.92 Å². The first kappa shape index (κ1) is 21.3. The molecule has 2 amide bonds. The molecule has 0 aliphatic heterocycles. The van der Waals surface area contributed by atoms with Crippen molar-refractivity contribution in [1.29, 1.82) is 0 Å². The van der Waals surface area contributed by atoms with Crippen molar-refractivity contribution in [3.8, 4) is 11.3 Å². The van der Waals surface area contributed by atoms with Crippen LogP contribution >= 0.6 is 11.3 Å². The summed E-state index contributed by atoms with van der Waals surface area (Å²) in [6, 6.07) is 12.9. The van der Waals surface area contributed by atoms with Crippen molar-refractivity contribution >= 4 is 34.5 Å². The average Bonchev–Trinajstić information content (AvgIpc) is 3.54. The lowest BCUT2D eigenvalue weighted by Crippen LogP contribution is -2.33. The SMILES string of the molecule is O=C(NCC1CCCCC1)Nc1cccc(-c2ccnc3c(C(=O)c4cccs4)cnn23)c1. The van der Waals surface area contributed by atoms with E-state index in [0.717, 1.165) is 11.3 Å². The van der Waals surface area contributed by atoms with E-state index in [2.05, 4.69) is 20.7 Å². The second kappa shape index (κ2) is 9.54. The number of amides is 2. The van der Waals surface area contributed by atoms with E-state index in [-0.39, 0.29) is 11.8 Å². The molecule has 4 aromatic rings. The van der Waals surface area contributed by atoms with Gasteiger partial charge in [0.1, 0.15) is 0 Å². The van der Waals surface area contributed by atoms with E-state index in [1.54, 1.807) is 23.0 Å². The Bertz CT molecular complexity index is 1280. The molecule has 2 N–H and O–H groups in total. The second-order valence-corrected chi connectivity index (χ2v) is 9.30. The summed E-state index contributed by atoms with van der Waals surface area (Å²) in [4.78, 5) is 30.3. The number of anilines is 1. The van der Waals surface area contributed by atoms with Gasteiger partial charge in [-0.2, -0.15) is 5.10 Å². The number of hydrogen-bond acceptors (Lipinski definition) is 5. The molecule has 3 aromatic heterocycles. The van der Waals surface area contributed by atoms with E-state index in [0.29, 0.717) is 34.2 Å². The fourth-order valence-corrected chi connectivity index (χ4v) is 5.05. The van der Waals surface area contributed by atoms with Crippen molar-refractivity contribution in [1.82, 2.24) is 19.9 Å². The van der Waals surface area contributed by atoms with Crippen molar-refractivity contribution in [2.75, 3.05) is 11.9 Å². The lowest BCUT2D eigenvalue weighted by atomic mass is 9.89. The summed E-state index contributed by atoms with van der Waals surface area (Å²) in [6.07, 6.45) is 9.43. The lowest BCUT2D eigenvalue weighted by Gasteiger charge is -2.21. The van der Waals surface area contributed by atoms with Crippen LogP contribution in [0.2, 0.25) is 0 Å². The predicted molar refractivity (Wildman–Crippen MR) is 130 cm³/mol. The van der Waals surface area contributed by atoms with E-state index in [1.807, 2.05) is 41.8 Å². The smallest absolute Gasteiger partial charge is 0.319 e. The Labute approximate surface area is 195 Å². The number of ketones is 1. The highest BCUT2D eigenvalue weighted by Crippen LogP contribution is 2.26. The van der Waals surface area contributed by atoms with Gasteiger partial charge >= 0.3 is 6.03 Å². The summed E-state index contributed by atoms with van der Waals surface area (Å²) in [6.45, 7) is 0.713. The van der Waals surface area contributed by atoms with Gasteiger partial charge in [-0.15, -0.1) is 11.3 Å². The number of urea groups is 1. The number of aromatic nitrogens is 3. The molecule has 0 unspecified atom stereocenters. The highest BCUT2D eigenvalue weighted by molar-refractivity contribution is 7.12. The van der Waals surface area contributed by atoms with Gasteiger partial charge in [0.25, 0.3) is 0 Å². The molecule has 3 heterocycles. The molecule has 1 fully saturated rings. The minimum absolute atomic E-state index is 0.0882. The Morgan fingerprint density at radius 3 is 2.79 bits per heavy atom. The maximum Gasteiger partial charge on any atom is 0.319 e. The normalized spacial score (nSPS) is 14.3. The standard InChI is InChI=1S/C25H25N5O2S/c31-23(22-10-5-13-33-22)20-16-28-30-21(11-12-26-24(20)30)18-8-4-9-19(14-18)29-25(32)27-15-17-6-2-1-3-7-17/h4-5,8-14,16-17H,1-3,6-7,15H2,(H2,27,29,32). The number of carbonyl (C=O) groups excluding carboxylic acids is 2. The Morgan fingerprint density at radius 1 is 1.09 bits per heavy atom. The molecule has 168 valence electrons. The molecule has 5 rings (SSSR count). The fourth-order valence-electron chi connectivity index (χ4n) is 4.37. The van der Waals surface area contributed by atoms with Crippen LogP contribution in [0.3, 0.4) is 0 Å². The van der Waals surface area contributed by atoms with Gasteiger partial charge in [-0.3, -0.25) is 4.79 Å². The number of nitrogens with one attached hydrogen (secondary N) is 2. The van der Waals surface area contributed by atoms with Crippen LogP contribution in [-0.4, -0.2) is 33.0 Å². The van der Waals surface area contributed by atoms with Crippen LogP contribution in [0.5, 0.6) is 0 Å². The van der Waals surface area contributed by atoms with Crippen molar-refractivity contribution in [2.24, 2.45) is 5.92 Å². The molecule has 1 aliphatic carbocycles. The summed E-state index contributed by atoms with van der Waals surface area (Å²) in [7, 11) is 0. The predicted octanol–water partition coefficient (Wildman–Crippen LogP) is 5.39. The second-order valence-electron chi connectivity index (χ2n) is 8.35. The zero-order chi connectivity index (χ0) is 22.6. The van der Waals surface area contributed by atoms with Gasteiger partial charge in [0.15, 0.2) is 5.65 Å². The summed E-state index contributed by atoms with van der Waals surface area (Å²) in [5.41, 5.74) is 3.33. The number of benzene rings is 1. The molecule has 0 bridgehead atoms. The van der Waals surface area contributed by atoms with Crippen LogP contribution in [0.25, 0.3) is 16.9 Å². The Morgan fingerprint density at radius 2 is 1.97 bits per heavy atom. The highest BCUT2D eigenvalue weighted by Gasteiger charge is 2.19. The van der Waals surface area contributed by atoms with Crippen molar-refractivity contribution < 1.29 is 9.59 Å². The molecular weight excluding hydrogens is 434 g/mol.